The Hall–Kier alpha value is -3.42. The molecule has 3 aromatic rings. The lowest BCUT2D eigenvalue weighted by atomic mass is 9.74. The van der Waals surface area contributed by atoms with E-state index in [9.17, 15) is 4.79 Å². The molecule has 0 amide bonds. The quantitative estimate of drug-likeness (QED) is 0.295. The number of rotatable bonds is 10. The highest BCUT2D eigenvalue weighted by molar-refractivity contribution is 5.57. The van der Waals surface area contributed by atoms with Crippen molar-refractivity contribution in [1.29, 1.82) is 0 Å². The van der Waals surface area contributed by atoms with Gasteiger partial charge in [-0.1, -0.05) is 90.2 Å². The first-order valence-electron chi connectivity index (χ1n) is 15.7. The van der Waals surface area contributed by atoms with Crippen LogP contribution in [0.4, 0.5) is 0 Å². The van der Waals surface area contributed by atoms with E-state index in [4.69, 9.17) is 0 Å². The molecule has 5 rings (SSSR count). The van der Waals surface area contributed by atoms with E-state index in [0.29, 0.717) is 30.1 Å². The lowest BCUT2D eigenvalue weighted by molar-refractivity contribution is 0.138. The predicted octanol–water partition coefficient (Wildman–Crippen LogP) is 6.54. The van der Waals surface area contributed by atoms with Crippen LogP contribution in [0.3, 0.4) is 0 Å². The largest absolute Gasteiger partial charge is 0.368 e. The third-order valence-electron chi connectivity index (χ3n) is 9.50. The zero-order valence-corrected chi connectivity index (χ0v) is 25.2. The number of nitrogens with zero attached hydrogens (tertiary/aromatic N) is 5. The normalized spacial score (nSPS) is 22.4. The van der Waals surface area contributed by atoms with Crippen LogP contribution in [0.1, 0.15) is 96.4 Å². The molecule has 0 spiro atoms. The Labute approximate surface area is 244 Å². The van der Waals surface area contributed by atoms with Gasteiger partial charge in [-0.05, 0) is 77.9 Å². The number of dihydropyridines is 1. The Morgan fingerprint density at radius 1 is 1.10 bits per heavy atom. The number of imidazole rings is 1. The van der Waals surface area contributed by atoms with Crippen LogP contribution >= 0.6 is 0 Å². The van der Waals surface area contributed by atoms with Gasteiger partial charge in [0.05, 0.1) is 5.41 Å². The zero-order valence-electron chi connectivity index (χ0n) is 25.2. The van der Waals surface area contributed by atoms with Crippen LogP contribution in [0.15, 0.2) is 59.8 Å². The number of tetrazole rings is 1. The van der Waals surface area contributed by atoms with E-state index in [-0.39, 0.29) is 11.7 Å². The van der Waals surface area contributed by atoms with Gasteiger partial charge < -0.3 is 5.32 Å². The molecule has 3 unspecified atom stereocenters. The molecule has 8 nitrogen and oxygen atoms in total. The van der Waals surface area contributed by atoms with Crippen LogP contribution in [0.5, 0.6) is 0 Å². The molecular formula is C33H47N7O. The van der Waals surface area contributed by atoms with Gasteiger partial charge in [0.15, 0.2) is 5.82 Å². The smallest absolute Gasteiger partial charge is 0.328 e. The molecule has 1 aliphatic carbocycles. The van der Waals surface area contributed by atoms with Crippen molar-refractivity contribution in [2.45, 2.75) is 103 Å². The van der Waals surface area contributed by atoms with Gasteiger partial charge in [-0.2, -0.15) is 0 Å². The van der Waals surface area contributed by atoms with Gasteiger partial charge >= 0.3 is 5.69 Å². The molecule has 0 bridgehead atoms. The van der Waals surface area contributed by atoms with Gasteiger partial charge in [-0.15, -0.1) is 5.10 Å². The van der Waals surface area contributed by atoms with Crippen LogP contribution in [-0.2, 0) is 18.4 Å². The van der Waals surface area contributed by atoms with E-state index in [1.54, 1.807) is 0 Å². The van der Waals surface area contributed by atoms with Crippen molar-refractivity contribution in [1.82, 2.24) is 35.1 Å². The van der Waals surface area contributed by atoms with Gasteiger partial charge in [-0.3, -0.25) is 9.13 Å². The SMILES string of the molecule is CCCCc1cn(C2C(CC)CCCCCC2C(C)C)c(=O)n1CC1(c2cccc(-c3nnn[nH]3)c2)C=CNC=C1. The van der Waals surface area contributed by atoms with Crippen molar-refractivity contribution in [3.8, 4) is 11.4 Å². The number of benzene rings is 1. The maximum atomic E-state index is 14.6. The highest BCUT2D eigenvalue weighted by Gasteiger charge is 2.36. The number of allylic oxidation sites excluding steroid dienone is 2. The molecule has 2 N–H and O–H groups in total. The van der Waals surface area contributed by atoms with Crippen LogP contribution < -0.4 is 11.0 Å². The van der Waals surface area contributed by atoms with Crippen molar-refractivity contribution < 1.29 is 0 Å². The fourth-order valence-electron chi connectivity index (χ4n) is 7.14. The molecule has 0 radical (unpaired) electrons. The van der Waals surface area contributed by atoms with Gasteiger partial charge in [-0.25, -0.2) is 9.89 Å². The van der Waals surface area contributed by atoms with E-state index < -0.39 is 5.41 Å². The third kappa shape index (κ3) is 6.11. The van der Waals surface area contributed by atoms with Crippen molar-refractivity contribution in [2.24, 2.45) is 17.8 Å². The molecule has 8 heteroatoms. The number of aromatic amines is 1. The molecule has 41 heavy (non-hydrogen) atoms. The highest BCUT2D eigenvalue weighted by Crippen LogP contribution is 2.41. The maximum Gasteiger partial charge on any atom is 0.328 e. The Bertz CT molecular complexity index is 1370. The first-order valence-corrected chi connectivity index (χ1v) is 15.7. The number of aryl methyl sites for hydroxylation is 1. The van der Waals surface area contributed by atoms with Crippen LogP contribution in [0, 0.1) is 17.8 Å². The Morgan fingerprint density at radius 2 is 1.90 bits per heavy atom. The molecule has 3 atom stereocenters. The summed E-state index contributed by atoms with van der Waals surface area (Å²) in [6.07, 6.45) is 21.0. The second kappa shape index (κ2) is 13.0. The fourth-order valence-corrected chi connectivity index (χ4v) is 7.14. The molecule has 220 valence electrons. The summed E-state index contributed by atoms with van der Waals surface area (Å²) in [5.41, 5.74) is 2.81. The van der Waals surface area contributed by atoms with Crippen LogP contribution in [0.2, 0.25) is 0 Å². The van der Waals surface area contributed by atoms with Crippen molar-refractivity contribution in [3.63, 3.8) is 0 Å². The third-order valence-corrected chi connectivity index (χ3v) is 9.50. The van der Waals surface area contributed by atoms with Gasteiger partial charge in [0.25, 0.3) is 0 Å². The number of nitrogens with one attached hydrogen (secondary N) is 2. The van der Waals surface area contributed by atoms with E-state index in [1.807, 2.05) is 24.5 Å². The molecule has 1 saturated carbocycles. The predicted molar refractivity (Wildman–Crippen MR) is 164 cm³/mol. The lowest BCUT2D eigenvalue weighted by Gasteiger charge is -2.38. The number of unbranched alkanes of at least 4 members (excludes halogenated alkanes) is 1. The first kappa shape index (κ1) is 29.1. The summed E-state index contributed by atoms with van der Waals surface area (Å²) in [4.78, 5) is 14.6. The molecule has 1 aromatic carbocycles. The highest BCUT2D eigenvalue weighted by atomic mass is 16.1. The van der Waals surface area contributed by atoms with Gasteiger partial charge in [0, 0.05) is 30.0 Å². The fraction of sp³-hybridized carbons (Fsp3) is 0.576. The first-order chi connectivity index (χ1) is 20.0. The standard InChI is InChI=1S/C33H47N7O/c1-5-7-15-28-22-39(30-25(6-2)12-9-8-10-16-29(30)24(3)4)32(41)40(28)23-33(17-19-34-20-18-33)27-14-11-13-26(21-27)31-35-37-38-36-31/h11,13-14,17-22,24-25,29-30,34H,5-10,12,15-16,23H2,1-4H3,(H,35,36,37,38). The van der Waals surface area contributed by atoms with E-state index >= 15 is 0 Å². The Morgan fingerprint density at radius 3 is 2.61 bits per heavy atom. The zero-order chi connectivity index (χ0) is 28.8. The number of aromatic nitrogens is 6. The Kier molecular flexibility index (Phi) is 9.25. The molecule has 1 aliphatic heterocycles. The van der Waals surface area contributed by atoms with E-state index in [2.05, 4.69) is 93.3 Å². The Balaban J connectivity index is 1.61. The summed E-state index contributed by atoms with van der Waals surface area (Å²) < 4.78 is 4.26. The number of hydrogen-bond acceptors (Lipinski definition) is 5. The van der Waals surface area contributed by atoms with Crippen molar-refractivity contribution in [2.75, 3.05) is 0 Å². The minimum absolute atomic E-state index is 0.140. The van der Waals surface area contributed by atoms with E-state index in [1.165, 1.54) is 32.1 Å². The van der Waals surface area contributed by atoms with Crippen LogP contribution in [-0.4, -0.2) is 29.8 Å². The van der Waals surface area contributed by atoms with Crippen molar-refractivity contribution in [3.05, 3.63) is 76.8 Å². The summed E-state index contributed by atoms with van der Waals surface area (Å²) in [6, 6.07) is 8.56. The summed E-state index contributed by atoms with van der Waals surface area (Å²) in [6.45, 7) is 9.78. The molecule has 0 saturated heterocycles. The summed E-state index contributed by atoms with van der Waals surface area (Å²) in [7, 11) is 0. The van der Waals surface area contributed by atoms with E-state index in [0.717, 1.165) is 42.5 Å². The lowest BCUT2D eigenvalue weighted by Crippen LogP contribution is -2.40. The topological polar surface area (TPSA) is 93.4 Å². The minimum Gasteiger partial charge on any atom is -0.368 e. The number of hydrogen-bond donors (Lipinski definition) is 2. The summed E-state index contributed by atoms with van der Waals surface area (Å²) >= 11 is 0. The summed E-state index contributed by atoms with van der Waals surface area (Å²) in [5, 5.41) is 17.7. The molecular weight excluding hydrogens is 510 g/mol. The monoisotopic (exact) mass is 557 g/mol. The van der Waals surface area contributed by atoms with Crippen molar-refractivity contribution >= 4 is 0 Å². The average Bonchev–Trinajstić information content (AvgIpc) is 3.62. The van der Waals surface area contributed by atoms with Crippen LogP contribution in [0.25, 0.3) is 11.4 Å². The molecule has 3 heterocycles. The summed E-state index contributed by atoms with van der Waals surface area (Å²) in [5.74, 6) is 2.20. The van der Waals surface area contributed by atoms with Gasteiger partial charge in [0.1, 0.15) is 0 Å². The second-order valence-corrected chi connectivity index (χ2v) is 12.4. The molecule has 2 aromatic heterocycles. The number of H-pyrrole nitrogens is 1. The average molecular weight is 558 g/mol. The molecule has 1 fully saturated rings. The minimum atomic E-state index is -0.492. The maximum absolute atomic E-state index is 14.6. The second-order valence-electron chi connectivity index (χ2n) is 12.4. The van der Waals surface area contributed by atoms with Gasteiger partial charge in [0.2, 0.25) is 0 Å². The molecule has 2 aliphatic rings.